The molecule has 12 nitrogen and oxygen atoms in total. The van der Waals surface area contributed by atoms with E-state index in [9.17, 15) is 28.8 Å². The van der Waals surface area contributed by atoms with Gasteiger partial charge in [-0.15, -0.1) is 0 Å². The molecule has 206 valence electrons. The van der Waals surface area contributed by atoms with E-state index in [1.165, 1.54) is 0 Å². The first kappa shape index (κ1) is 29.8. The molecule has 0 aromatic carbocycles. The van der Waals surface area contributed by atoms with Gasteiger partial charge in [-0.25, -0.2) is 14.5 Å². The van der Waals surface area contributed by atoms with Crippen LogP contribution in [-0.4, -0.2) is 92.6 Å². The Hall–Kier alpha value is -3.44. The van der Waals surface area contributed by atoms with Gasteiger partial charge in [0.2, 0.25) is 5.91 Å². The van der Waals surface area contributed by atoms with Gasteiger partial charge in [-0.1, -0.05) is 0 Å². The number of imide groups is 2. The summed E-state index contributed by atoms with van der Waals surface area (Å²) in [5, 5.41) is 0. The maximum absolute atomic E-state index is 13.4. The lowest BCUT2D eigenvalue weighted by Crippen LogP contribution is -2.51. The van der Waals surface area contributed by atoms with Crippen LogP contribution in [0.15, 0.2) is 12.2 Å². The van der Waals surface area contributed by atoms with Gasteiger partial charge in [0.1, 0.15) is 29.4 Å². The number of carbonyl (C=O) groups excluding carboxylic acids is 6. The Morgan fingerprint density at radius 2 is 1.24 bits per heavy atom. The molecule has 2 heterocycles. The van der Waals surface area contributed by atoms with Gasteiger partial charge in [-0.3, -0.25) is 24.1 Å². The van der Waals surface area contributed by atoms with Crippen LogP contribution in [0, 0.1) is 0 Å². The number of amides is 5. The SMILES string of the molecule is CC(C)(C)OC(=O)CN1C(=O)[C@H](N2C(=O)C=CC2=O)C[C@H]1CN(C(=O)OC(C)(C)C)C(=O)OC(C)(C)C. The van der Waals surface area contributed by atoms with Gasteiger partial charge >= 0.3 is 18.2 Å². The Balaban J connectivity index is 2.41. The first-order valence-electron chi connectivity index (χ1n) is 12.0. The molecule has 0 N–H and O–H groups in total. The van der Waals surface area contributed by atoms with E-state index in [0.29, 0.717) is 4.90 Å². The van der Waals surface area contributed by atoms with Crippen LogP contribution >= 0.6 is 0 Å². The molecule has 2 atom stereocenters. The van der Waals surface area contributed by atoms with E-state index in [4.69, 9.17) is 14.2 Å². The highest BCUT2D eigenvalue weighted by Gasteiger charge is 2.49. The Kier molecular flexibility index (Phi) is 8.46. The lowest BCUT2D eigenvalue weighted by atomic mass is 10.1. The largest absolute Gasteiger partial charge is 0.459 e. The quantitative estimate of drug-likeness (QED) is 0.302. The number of rotatable bonds is 5. The lowest BCUT2D eigenvalue weighted by molar-refractivity contribution is -0.159. The molecule has 0 bridgehead atoms. The zero-order chi connectivity index (χ0) is 28.5. The highest BCUT2D eigenvalue weighted by atomic mass is 16.6. The molecule has 12 heteroatoms. The summed E-state index contributed by atoms with van der Waals surface area (Å²) in [5.74, 6) is -2.76. The van der Waals surface area contributed by atoms with Crippen LogP contribution < -0.4 is 0 Å². The second-order valence-corrected chi connectivity index (χ2v) is 11.9. The van der Waals surface area contributed by atoms with E-state index in [1.54, 1.807) is 62.3 Å². The third-order valence-corrected chi connectivity index (χ3v) is 5.00. The van der Waals surface area contributed by atoms with Crippen molar-refractivity contribution in [3.05, 3.63) is 12.2 Å². The van der Waals surface area contributed by atoms with Gasteiger partial charge in [0.25, 0.3) is 11.8 Å². The van der Waals surface area contributed by atoms with Crippen molar-refractivity contribution in [2.24, 2.45) is 0 Å². The summed E-state index contributed by atoms with van der Waals surface area (Å²) in [6.45, 7) is 13.8. The van der Waals surface area contributed by atoms with Crippen LogP contribution in [0.1, 0.15) is 68.7 Å². The summed E-state index contributed by atoms with van der Waals surface area (Å²) >= 11 is 0. The van der Waals surface area contributed by atoms with Crippen molar-refractivity contribution in [2.75, 3.05) is 13.1 Å². The van der Waals surface area contributed by atoms with E-state index in [1.807, 2.05) is 0 Å². The molecule has 2 rings (SSSR count). The number of nitrogens with zero attached hydrogens (tertiary/aromatic N) is 3. The van der Waals surface area contributed by atoms with E-state index in [2.05, 4.69) is 0 Å². The molecule has 1 saturated heterocycles. The van der Waals surface area contributed by atoms with Crippen LogP contribution in [0.3, 0.4) is 0 Å². The molecule has 37 heavy (non-hydrogen) atoms. The third-order valence-electron chi connectivity index (χ3n) is 5.00. The molecule has 0 aliphatic carbocycles. The highest BCUT2D eigenvalue weighted by Crippen LogP contribution is 2.28. The Labute approximate surface area is 216 Å². The number of esters is 1. The predicted molar refractivity (Wildman–Crippen MR) is 130 cm³/mol. The molecule has 0 saturated carbocycles. The molecule has 0 radical (unpaired) electrons. The number of carbonyl (C=O) groups is 6. The summed E-state index contributed by atoms with van der Waals surface area (Å²) in [6, 6.07) is -2.16. The number of likely N-dealkylation sites (tertiary alicyclic amines) is 1. The number of hydrogen-bond acceptors (Lipinski definition) is 9. The maximum Gasteiger partial charge on any atom is 0.419 e. The minimum Gasteiger partial charge on any atom is -0.459 e. The normalized spacial score (nSPS) is 20.4. The van der Waals surface area contributed by atoms with E-state index >= 15 is 0 Å². The summed E-state index contributed by atoms with van der Waals surface area (Å²) in [7, 11) is 0. The summed E-state index contributed by atoms with van der Waals surface area (Å²) in [5.41, 5.74) is -2.72. The van der Waals surface area contributed by atoms with Crippen LogP contribution in [-0.2, 0) is 33.4 Å². The highest BCUT2D eigenvalue weighted by molar-refractivity contribution is 6.15. The molecule has 0 spiro atoms. The van der Waals surface area contributed by atoms with Crippen molar-refractivity contribution in [3.63, 3.8) is 0 Å². The fraction of sp³-hybridized carbons (Fsp3) is 0.680. The zero-order valence-corrected chi connectivity index (χ0v) is 22.9. The van der Waals surface area contributed by atoms with Gasteiger partial charge in [-0.2, -0.15) is 0 Å². The summed E-state index contributed by atoms with van der Waals surface area (Å²) < 4.78 is 16.1. The molecular weight excluding hydrogens is 486 g/mol. The molecule has 0 unspecified atom stereocenters. The number of ether oxygens (including phenoxy) is 3. The molecule has 0 aromatic heterocycles. The minimum absolute atomic E-state index is 0.122. The van der Waals surface area contributed by atoms with E-state index in [-0.39, 0.29) is 6.42 Å². The number of hydrogen-bond donors (Lipinski definition) is 0. The van der Waals surface area contributed by atoms with Crippen LogP contribution in [0.4, 0.5) is 9.59 Å². The molecule has 1 fully saturated rings. The monoisotopic (exact) mass is 523 g/mol. The molecule has 2 aliphatic heterocycles. The van der Waals surface area contributed by atoms with Crippen molar-refractivity contribution in [2.45, 2.75) is 97.6 Å². The van der Waals surface area contributed by atoms with Gasteiger partial charge in [0, 0.05) is 12.2 Å². The lowest BCUT2D eigenvalue weighted by Gasteiger charge is -2.32. The van der Waals surface area contributed by atoms with Crippen LogP contribution in [0.2, 0.25) is 0 Å². The second kappa shape index (κ2) is 10.5. The van der Waals surface area contributed by atoms with E-state index in [0.717, 1.165) is 22.0 Å². The van der Waals surface area contributed by atoms with Gasteiger partial charge < -0.3 is 19.1 Å². The zero-order valence-electron chi connectivity index (χ0n) is 22.9. The summed E-state index contributed by atoms with van der Waals surface area (Å²) in [4.78, 5) is 79.2. The predicted octanol–water partition coefficient (Wildman–Crippen LogP) is 2.39. The summed E-state index contributed by atoms with van der Waals surface area (Å²) in [6.07, 6.45) is -0.0400. The van der Waals surface area contributed by atoms with Crippen LogP contribution in [0.5, 0.6) is 0 Å². The molecule has 5 amide bonds. The Bertz CT molecular complexity index is 952. The molecular formula is C25H37N3O9. The van der Waals surface area contributed by atoms with Gasteiger partial charge in [-0.05, 0) is 68.7 Å². The smallest absolute Gasteiger partial charge is 0.419 e. The molecule has 0 aromatic rings. The van der Waals surface area contributed by atoms with Crippen LogP contribution in [0.25, 0.3) is 0 Å². The standard InChI is InChI=1S/C25H37N3O9/c1-23(2,3)35-19(31)14-26-15(12-16(20(26)32)28-17(29)10-11-18(28)30)13-27(21(33)36-24(4,5)6)22(34)37-25(7,8)9/h10-11,15-16H,12-14H2,1-9H3/t15-,16+/m0/s1. The minimum atomic E-state index is -1.22. The average Bonchev–Trinajstić information content (AvgIpc) is 3.14. The fourth-order valence-corrected chi connectivity index (χ4v) is 3.75. The van der Waals surface area contributed by atoms with Gasteiger partial charge in [0.05, 0.1) is 12.6 Å². The van der Waals surface area contributed by atoms with Gasteiger partial charge in [0.15, 0.2) is 0 Å². The van der Waals surface area contributed by atoms with E-state index < -0.39 is 77.9 Å². The van der Waals surface area contributed by atoms with Crippen molar-refractivity contribution in [1.29, 1.82) is 0 Å². The average molecular weight is 524 g/mol. The topological polar surface area (TPSA) is 140 Å². The maximum atomic E-state index is 13.4. The van der Waals surface area contributed by atoms with Crippen molar-refractivity contribution in [1.82, 2.24) is 14.7 Å². The second-order valence-electron chi connectivity index (χ2n) is 11.9. The Morgan fingerprint density at radius 1 is 0.811 bits per heavy atom. The molecule has 2 aliphatic rings. The third kappa shape index (κ3) is 8.29. The van der Waals surface area contributed by atoms with Crippen molar-refractivity contribution >= 4 is 35.9 Å². The fourth-order valence-electron chi connectivity index (χ4n) is 3.75. The van der Waals surface area contributed by atoms with Crippen molar-refractivity contribution < 1.29 is 43.0 Å². The first-order chi connectivity index (χ1) is 16.7. The first-order valence-corrected chi connectivity index (χ1v) is 12.0. The van der Waals surface area contributed by atoms with Crippen molar-refractivity contribution in [3.8, 4) is 0 Å². The Morgan fingerprint density at radius 3 is 1.65 bits per heavy atom.